The van der Waals surface area contributed by atoms with Crippen molar-refractivity contribution >= 4 is 17.4 Å². The number of Topliss-reactive ketones (excluding diaryl/α,β-unsaturated/α-hetero) is 1. The Kier molecular flexibility index (Phi) is 5.25. The highest BCUT2D eigenvalue weighted by atomic mass is 16.5. The highest BCUT2D eigenvalue weighted by molar-refractivity contribution is 6.46. The standard InChI is InChI=1S/C23H23NO5/c1-28-17-11-9-16(10-12-17)21(25)19-20(15-6-3-2-4-7-15)24(23(27)22(19)26)14-18-8-5-13-29-18/h2-3,5,8-13,15,20,25H,4,6-7,14H2,1H3. The van der Waals surface area contributed by atoms with Gasteiger partial charge in [-0.2, -0.15) is 0 Å². The summed E-state index contributed by atoms with van der Waals surface area (Å²) in [6, 6.07) is 9.84. The number of ether oxygens (including phenoxy) is 1. The molecular formula is C23H23NO5. The van der Waals surface area contributed by atoms with Crippen molar-refractivity contribution in [2.45, 2.75) is 31.8 Å². The number of hydrogen-bond acceptors (Lipinski definition) is 5. The number of ketones is 1. The van der Waals surface area contributed by atoms with E-state index in [4.69, 9.17) is 9.15 Å². The first-order chi connectivity index (χ1) is 14.1. The van der Waals surface area contributed by atoms with E-state index in [1.807, 2.05) is 0 Å². The molecule has 0 radical (unpaired) electrons. The van der Waals surface area contributed by atoms with E-state index in [9.17, 15) is 14.7 Å². The SMILES string of the molecule is COc1ccc(C(O)=C2C(=O)C(=O)N(Cc3ccco3)C2C2CC=CCC2)cc1. The minimum absolute atomic E-state index is 0.0563. The number of carbonyl (C=O) groups excluding carboxylic acids is 2. The van der Waals surface area contributed by atoms with Crippen molar-refractivity contribution < 1.29 is 23.8 Å². The summed E-state index contributed by atoms with van der Waals surface area (Å²) in [6.07, 6.45) is 8.21. The van der Waals surface area contributed by atoms with Crippen molar-refractivity contribution in [3.05, 3.63) is 71.7 Å². The van der Waals surface area contributed by atoms with Gasteiger partial charge in [0.05, 0.1) is 31.5 Å². The van der Waals surface area contributed by atoms with Gasteiger partial charge in [0.15, 0.2) is 0 Å². The van der Waals surface area contributed by atoms with E-state index < -0.39 is 17.7 Å². The Bertz CT molecular complexity index is 956. The van der Waals surface area contributed by atoms with Gasteiger partial charge in [0, 0.05) is 5.56 Å². The molecule has 6 heteroatoms. The molecule has 1 aromatic heterocycles. The Hall–Kier alpha value is -3.28. The summed E-state index contributed by atoms with van der Waals surface area (Å²) >= 11 is 0. The number of aliphatic hydroxyl groups excluding tert-OH is 1. The first kappa shape index (κ1) is 19.1. The van der Waals surface area contributed by atoms with Gasteiger partial charge in [-0.3, -0.25) is 9.59 Å². The van der Waals surface area contributed by atoms with Crippen molar-refractivity contribution in [2.75, 3.05) is 7.11 Å². The van der Waals surface area contributed by atoms with Crippen LogP contribution in [0.25, 0.3) is 5.76 Å². The molecule has 6 nitrogen and oxygen atoms in total. The average Bonchev–Trinajstić information content (AvgIpc) is 3.36. The van der Waals surface area contributed by atoms with Gasteiger partial charge in [-0.1, -0.05) is 12.2 Å². The van der Waals surface area contributed by atoms with Gasteiger partial charge < -0.3 is 19.2 Å². The Balaban J connectivity index is 1.77. The quantitative estimate of drug-likeness (QED) is 0.361. The Morgan fingerprint density at radius 3 is 2.62 bits per heavy atom. The predicted octanol–water partition coefficient (Wildman–Crippen LogP) is 3.89. The van der Waals surface area contributed by atoms with E-state index in [-0.39, 0.29) is 23.8 Å². The molecule has 2 unspecified atom stereocenters. The highest BCUT2D eigenvalue weighted by Gasteiger charge is 2.48. The molecule has 1 aliphatic heterocycles. The van der Waals surface area contributed by atoms with Crippen LogP contribution in [0.15, 0.2) is 64.8 Å². The number of furan rings is 1. The monoisotopic (exact) mass is 393 g/mol. The number of nitrogens with zero attached hydrogens (tertiary/aromatic N) is 1. The van der Waals surface area contributed by atoms with E-state index in [0.717, 1.165) is 19.3 Å². The lowest BCUT2D eigenvalue weighted by Crippen LogP contribution is -2.39. The number of methoxy groups -OCH3 is 1. The number of aliphatic hydroxyl groups is 1. The first-order valence-corrected chi connectivity index (χ1v) is 9.70. The van der Waals surface area contributed by atoms with Crippen LogP contribution in [0.2, 0.25) is 0 Å². The average molecular weight is 393 g/mol. The number of carbonyl (C=O) groups is 2. The minimum atomic E-state index is -0.649. The fourth-order valence-corrected chi connectivity index (χ4v) is 4.15. The Morgan fingerprint density at radius 1 is 1.21 bits per heavy atom. The minimum Gasteiger partial charge on any atom is -0.507 e. The van der Waals surface area contributed by atoms with Gasteiger partial charge in [-0.25, -0.2) is 0 Å². The molecule has 1 N–H and O–H groups in total. The lowest BCUT2D eigenvalue weighted by atomic mass is 9.83. The lowest BCUT2D eigenvalue weighted by molar-refractivity contribution is -0.140. The summed E-state index contributed by atoms with van der Waals surface area (Å²) in [5.41, 5.74) is 0.658. The third-order valence-corrected chi connectivity index (χ3v) is 5.61. The zero-order chi connectivity index (χ0) is 20.4. The number of likely N-dealkylation sites (tertiary alicyclic amines) is 1. The number of benzene rings is 1. The van der Waals surface area contributed by atoms with Crippen LogP contribution >= 0.6 is 0 Å². The van der Waals surface area contributed by atoms with Crippen LogP contribution in [0.4, 0.5) is 0 Å². The smallest absolute Gasteiger partial charge is 0.295 e. The van der Waals surface area contributed by atoms with Crippen LogP contribution in [0, 0.1) is 5.92 Å². The van der Waals surface area contributed by atoms with Gasteiger partial charge >= 0.3 is 0 Å². The van der Waals surface area contributed by atoms with E-state index in [1.54, 1.807) is 54.7 Å². The van der Waals surface area contributed by atoms with Crippen molar-refractivity contribution in [1.29, 1.82) is 0 Å². The van der Waals surface area contributed by atoms with Gasteiger partial charge in [-0.05, 0) is 61.6 Å². The number of rotatable bonds is 5. The normalized spacial score (nSPS) is 23.6. The zero-order valence-electron chi connectivity index (χ0n) is 16.2. The van der Waals surface area contributed by atoms with Gasteiger partial charge in [-0.15, -0.1) is 0 Å². The van der Waals surface area contributed by atoms with Crippen molar-refractivity contribution in [3.63, 3.8) is 0 Å². The van der Waals surface area contributed by atoms with Crippen molar-refractivity contribution in [3.8, 4) is 5.75 Å². The predicted molar refractivity (Wildman–Crippen MR) is 107 cm³/mol. The van der Waals surface area contributed by atoms with Crippen LogP contribution in [0.5, 0.6) is 5.75 Å². The molecule has 2 aliphatic rings. The molecule has 0 saturated carbocycles. The fourth-order valence-electron chi connectivity index (χ4n) is 4.15. The second-order valence-electron chi connectivity index (χ2n) is 7.32. The largest absolute Gasteiger partial charge is 0.507 e. The van der Waals surface area contributed by atoms with Crippen LogP contribution < -0.4 is 4.74 Å². The number of amides is 1. The first-order valence-electron chi connectivity index (χ1n) is 9.70. The molecule has 0 bridgehead atoms. The van der Waals surface area contributed by atoms with E-state index in [0.29, 0.717) is 17.1 Å². The second kappa shape index (κ2) is 7.99. The third kappa shape index (κ3) is 3.58. The molecule has 1 aliphatic carbocycles. The van der Waals surface area contributed by atoms with Gasteiger partial charge in [0.25, 0.3) is 11.7 Å². The summed E-state index contributed by atoms with van der Waals surface area (Å²) in [5, 5.41) is 11.0. The third-order valence-electron chi connectivity index (χ3n) is 5.61. The summed E-state index contributed by atoms with van der Waals surface area (Å²) in [4.78, 5) is 27.4. The maximum Gasteiger partial charge on any atom is 0.295 e. The second-order valence-corrected chi connectivity index (χ2v) is 7.32. The van der Waals surface area contributed by atoms with E-state index in [1.165, 1.54) is 0 Å². The molecular weight excluding hydrogens is 370 g/mol. The van der Waals surface area contributed by atoms with Crippen LogP contribution in [0.1, 0.15) is 30.6 Å². The number of allylic oxidation sites excluding steroid dienone is 2. The topological polar surface area (TPSA) is 80.0 Å². The lowest BCUT2D eigenvalue weighted by Gasteiger charge is -2.32. The van der Waals surface area contributed by atoms with E-state index in [2.05, 4.69) is 12.2 Å². The van der Waals surface area contributed by atoms with Crippen molar-refractivity contribution in [2.24, 2.45) is 5.92 Å². The molecule has 1 amide bonds. The van der Waals surface area contributed by atoms with Crippen LogP contribution in [-0.4, -0.2) is 34.8 Å². The molecule has 29 heavy (non-hydrogen) atoms. The molecule has 1 saturated heterocycles. The molecule has 150 valence electrons. The maximum absolute atomic E-state index is 13.0. The summed E-state index contributed by atoms with van der Waals surface area (Å²) in [5.74, 6) is -0.0878. The fraction of sp³-hybridized carbons (Fsp3) is 0.304. The maximum atomic E-state index is 13.0. The molecule has 1 fully saturated rings. The van der Waals surface area contributed by atoms with Crippen LogP contribution in [0.3, 0.4) is 0 Å². The highest BCUT2D eigenvalue weighted by Crippen LogP contribution is 2.38. The summed E-state index contributed by atoms with van der Waals surface area (Å²) < 4.78 is 10.6. The van der Waals surface area contributed by atoms with Crippen molar-refractivity contribution in [1.82, 2.24) is 4.90 Å². The Labute approximate surface area is 169 Å². The summed E-state index contributed by atoms with van der Waals surface area (Å²) in [6.45, 7) is 0.196. The molecule has 4 rings (SSSR count). The molecule has 2 heterocycles. The molecule has 0 spiro atoms. The van der Waals surface area contributed by atoms with Gasteiger partial charge in [0.2, 0.25) is 0 Å². The van der Waals surface area contributed by atoms with Crippen LogP contribution in [-0.2, 0) is 16.1 Å². The molecule has 1 aromatic carbocycles. The van der Waals surface area contributed by atoms with Gasteiger partial charge in [0.1, 0.15) is 17.3 Å². The van der Waals surface area contributed by atoms with E-state index >= 15 is 0 Å². The molecule has 2 aromatic rings. The summed E-state index contributed by atoms with van der Waals surface area (Å²) in [7, 11) is 1.56. The zero-order valence-corrected chi connectivity index (χ0v) is 16.2. The Morgan fingerprint density at radius 2 is 2.00 bits per heavy atom. The molecule has 2 atom stereocenters. The number of hydrogen-bond donors (Lipinski definition) is 1.